The van der Waals surface area contributed by atoms with Crippen molar-refractivity contribution in [3.8, 4) is 11.5 Å². The van der Waals surface area contributed by atoms with Gasteiger partial charge in [0.15, 0.2) is 0 Å². The van der Waals surface area contributed by atoms with E-state index in [1.807, 2.05) is 42.5 Å². The van der Waals surface area contributed by atoms with Gasteiger partial charge in [-0.2, -0.15) is 0 Å². The van der Waals surface area contributed by atoms with Crippen LogP contribution in [0.1, 0.15) is 18.9 Å². The molecule has 2 aromatic carbocycles. The van der Waals surface area contributed by atoms with E-state index in [9.17, 15) is 0 Å². The molecular weight excluding hydrogens is 385 g/mol. The number of nitrogens with two attached hydrogens (primary N) is 1. The molecule has 20 heavy (non-hydrogen) atoms. The van der Waals surface area contributed by atoms with Crippen LogP contribution < -0.4 is 10.5 Å². The summed E-state index contributed by atoms with van der Waals surface area (Å²) >= 11 is 8.54. The predicted molar refractivity (Wildman–Crippen MR) is 92.7 cm³/mol. The molecular formula is C16H17ClINO. The van der Waals surface area contributed by atoms with Crippen molar-refractivity contribution < 1.29 is 4.74 Å². The van der Waals surface area contributed by atoms with Crippen LogP contribution in [0.3, 0.4) is 0 Å². The molecule has 2 aromatic rings. The molecule has 0 fully saturated rings. The van der Waals surface area contributed by atoms with E-state index in [1.54, 1.807) is 0 Å². The topological polar surface area (TPSA) is 35.2 Å². The van der Waals surface area contributed by atoms with Crippen LogP contribution in [0.2, 0.25) is 5.02 Å². The van der Waals surface area contributed by atoms with Crippen molar-refractivity contribution in [2.75, 3.05) is 0 Å². The lowest BCUT2D eigenvalue weighted by Crippen LogP contribution is -2.21. The van der Waals surface area contributed by atoms with Crippen LogP contribution >= 0.6 is 34.2 Å². The fourth-order valence-corrected chi connectivity index (χ4v) is 2.62. The first-order valence-corrected chi connectivity index (χ1v) is 8.02. The summed E-state index contributed by atoms with van der Waals surface area (Å²) in [5, 5.41) is 0.616. The molecule has 0 amide bonds. The Bertz CT molecular complexity index is 588. The minimum atomic E-state index is 0.116. The van der Waals surface area contributed by atoms with Crippen molar-refractivity contribution in [1.29, 1.82) is 0 Å². The molecule has 0 aromatic heterocycles. The van der Waals surface area contributed by atoms with Crippen molar-refractivity contribution in [3.05, 3.63) is 56.6 Å². The van der Waals surface area contributed by atoms with Crippen LogP contribution in [0, 0.1) is 3.57 Å². The maximum Gasteiger partial charge on any atom is 0.149 e. The predicted octanol–water partition coefficient (Wildman–Crippen LogP) is 5.02. The number of para-hydroxylation sites is 2. The van der Waals surface area contributed by atoms with Gasteiger partial charge in [0.25, 0.3) is 0 Å². The lowest BCUT2D eigenvalue weighted by atomic mass is 10.0. The molecule has 2 N–H and O–H groups in total. The van der Waals surface area contributed by atoms with E-state index < -0.39 is 0 Å². The second kappa shape index (κ2) is 7.29. The summed E-state index contributed by atoms with van der Waals surface area (Å²) in [6, 6.07) is 13.8. The van der Waals surface area contributed by atoms with Gasteiger partial charge in [-0.15, -0.1) is 0 Å². The third-order valence-electron chi connectivity index (χ3n) is 3.10. The molecule has 0 bridgehead atoms. The first-order chi connectivity index (χ1) is 9.61. The summed E-state index contributed by atoms with van der Waals surface area (Å²) in [5.41, 5.74) is 7.09. The Balaban J connectivity index is 2.33. The normalized spacial score (nSPS) is 12.2. The Morgan fingerprint density at radius 1 is 1.20 bits per heavy atom. The van der Waals surface area contributed by atoms with E-state index in [0.29, 0.717) is 10.8 Å². The Labute approximate surface area is 138 Å². The Morgan fingerprint density at radius 3 is 2.65 bits per heavy atom. The largest absolute Gasteiger partial charge is 0.454 e. The van der Waals surface area contributed by atoms with Gasteiger partial charge in [0.1, 0.15) is 11.5 Å². The minimum Gasteiger partial charge on any atom is -0.454 e. The molecule has 0 saturated carbocycles. The fraction of sp³-hybridized carbons (Fsp3) is 0.250. The molecule has 4 heteroatoms. The first-order valence-electron chi connectivity index (χ1n) is 6.57. The van der Waals surface area contributed by atoms with Crippen molar-refractivity contribution >= 4 is 34.2 Å². The van der Waals surface area contributed by atoms with E-state index in [-0.39, 0.29) is 6.04 Å². The van der Waals surface area contributed by atoms with Gasteiger partial charge < -0.3 is 10.5 Å². The van der Waals surface area contributed by atoms with E-state index in [1.165, 1.54) is 0 Å². The van der Waals surface area contributed by atoms with Gasteiger partial charge in [0.2, 0.25) is 0 Å². The van der Waals surface area contributed by atoms with Gasteiger partial charge in [-0.1, -0.05) is 42.8 Å². The second-order valence-electron chi connectivity index (χ2n) is 4.63. The molecule has 0 spiro atoms. The average molecular weight is 402 g/mol. The minimum absolute atomic E-state index is 0.116. The highest BCUT2D eigenvalue weighted by Crippen LogP contribution is 2.35. The lowest BCUT2D eigenvalue weighted by molar-refractivity contribution is 0.469. The van der Waals surface area contributed by atoms with Crippen LogP contribution in [0.5, 0.6) is 11.5 Å². The fourth-order valence-electron chi connectivity index (χ4n) is 1.89. The zero-order valence-electron chi connectivity index (χ0n) is 11.3. The van der Waals surface area contributed by atoms with E-state index in [4.69, 9.17) is 22.1 Å². The molecule has 2 rings (SSSR count). The maximum atomic E-state index is 6.29. The standard InChI is InChI=1S/C16H17ClINO/c1-2-12(19)10-11-6-5-7-13(17)16(11)20-15-9-4-3-8-14(15)18/h3-9,12H,2,10,19H2,1H3. The number of hydrogen-bond donors (Lipinski definition) is 1. The molecule has 0 heterocycles. The number of benzene rings is 2. The van der Waals surface area contributed by atoms with E-state index in [2.05, 4.69) is 29.5 Å². The monoisotopic (exact) mass is 401 g/mol. The smallest absolute Gasteiger partial charge is 0.149 e. The number of halogens is 2. The molecule has 2 nitrogen and oxygen atoms in total. The maximum absolute atomic E-state index is 6.29. The lowest BCUT2D eigenvalue weighted by Gasteiger charge is -2.16. The summed E-state index contributed by atoms with van der Waals surface area (Å²) in [7, 11) is 0. The molecule has 1 atom stereocenters. The average Bonchev–Trinajstić information content (AvgIpc) is 2.44. The summed E-state index contributed by atoms with van der Waals surface area (Å²) in [6.07, 6.45) is 1.69. The summed E-state index contributed by atoms with van der Waals surface area (Å²) < 4.78 is 7.07. The Morgan fingerprint density at radius 2 is 1.95 bits per heavy atom. The van der Waals surface area contributed by atoms with Crippen LogP contribution in [0.15, 0.2) is 42.5 Å². The third kappa shape index (κ3) is 3.87. The third-order valence-corrected chi connectivity index (χ3v) is 4.29. The quantitative estimate of drug-likeness (QED) is 0.714. The summed E-state index contributed by atoms with van der Waals surface area (Å²) in [5.74, 6) is 1.52. The molecule has 0 aliphatic heterocycles. The highest BCUT2D eigenvalue weighted by Gasteiger charge is 2.13. The van der Waals surface area contributed by atoms with Gasteiger partial charge in [0, 0.05) is 6.04 Å². The molecule has 0 radical (unpaired) electrons. The first kappa shape index (κ1) is 15.6. The van der Waals surface area contributed by atoms with Crippen molar-refractivity contribution in [3.63, 3.8) is 0 Å². The van der Waals surface area contributed by atoms with Crippen molar-refractivity contribution in [2.24, 2.45) is 5.73 Å². The number of ether oxygens (including phenoxy) is 1. The molecule has 1 unspecified atom stereocenters. The Kier molecular flexibility index (Phi) is 5.69. The molecule has 0 aliphatic carbocycles. The zero-order chi connectivity index (χ0) is 14.5. The van der Waals surface area contributed by atoms with Gasteiger partial charge >= 0.3 is 0 Å². The van der Waals surface area contributed by atoms with Crippen LogP contribution in [0.4, 0.5) is 0 Å². The highest BCUT2D eigenvalue weighted by molar-refractivity contribution is 14.1. The second-order valence-corrected chi connectivity index (χ2v) is 6.20. The Hall–Kier alpha value is -0.780. The van der Waals surface area contributed by atoms with Crippen molar-refractivity contribution in [2.45, 2.75) is 25.8 Å². The number of hydrogen-bond acceptors (Lipinski definition) is 2. The van der Waals surface area contributed by atoms with Gasteiger partial charge in [0.05, 0.1) is 8.59 Å². The summed E-state index contributed by atoms with van der Waals surface area (Å²) in [6.45, 7) is 2.08. The molecule has 0 saturated heterocycles. The summed E-state index contributed by atoms with van der Waals surface area (Å²) in [4.78, 5) is 0. The van der Waals surface area contributed by atoms with Gasteiger partial charge in [-0.25, -0.2) is 0 Å². The van der Waals surface area contributed by atoms with Gasteiger partial charge in [-0.3, -0.25) is 0 Å². The zero-order valence-corrected chi connectivity index (χ0v) is 14.2. The van der Waals surface area contributed by atoms with Crippen LogP contribution in [0.25, 0.3) is 0 Å². The van der Waals surface area contributed by atoms with Gasteiger partial charge in [-0.05, 0) is 59.2 Å². The SMILES string of the molecule is CCC(N)Cc1cccc(Cl)c1Oc1ccccc1I. The van der Waals surface area contributed by atoms with E-state index >= 15 is 0 Å². The molecule has 106 valence electrons. The highest BCUT2D eigenvalue weighted by atomic mass is 127. The number of rotatable bonds is 5. The molecule has 0 aliphatic rings. The van der Waals surface area contributed by atoms with E-state index in [0.717, 1.165) is 27.7 Å². The van der Waals surface area contributed by atoms with Crippen LogP contribution in [-0.4, -0.2) is 6.04 Å². The van der Waals surface area contributed by atoms with Crippen molar-refractivity contribution in [1.82, 2.24) is 0 Å². The van der Waals surface area contributed by atoms with Crippen LogP contribution in [-0.2, 0) is 6.42 Å².